The molecule has 1 atom stereocenters. The van der Waals surface area contributed by atoms with Crippen molar-refractivity contribution < 1.29 is 9.53 Å². The van der Waals surface area contributed by atoms with Crippen molar-refractivity contribution in [3.05, 3.63) is 11.1 Å². The third kappa shape index (κ3) is 3.17. The summed E-state index contributed by atoms with van der Waals surface area (Å²) in [4.78, 5) is 18.9. The first-order chi connectivity index (χ1) is 8.19. The van der Waals surface area contributed by atoms with Crippen LogP contribution in [0.15, 0.2) is 6.20 Å². The molecular formula is C11H17N3O2S. The van der Waals surface area contributed by atoms with Crippen molar-refractivity contribution in [2.75, 3.05) is 25.9 Å². The molecule has 1 fully saturated rings. The number of esters is 1. The Labute approximate surface area is 105 Å². The summed E-state index contributed by atoms with van der Waals surface area (Å²) in [5, 5.41) is 0.599. The van der Waals surface area contributed by atoms with Crippen LogP contribution in [0.25, 0.3) is 0 Å². The molecule has 17 heavy (non-hydrogen) atoms. The molecule has 1 aromatic heterocycles. The van der Waals surface area contributed by atoms with Crippen molar-refractivity contribution in [2.45, 2.75) is 19.4 Å². The minimum atomic E-state index is -0.0986. The fourth-order valence-corrected chi connectivity index (χ4v) is 2.90. The third-order valence-electron chi connectivity index (χ3n) is 2.99. The summed E-state index contributed by atoms with van der Waals surface area (Å²) in [5.41, 5.74) is 5.60. The van der Waals surface area contributed by atoms with E-state index < -0.39 is 0 Å². The third-order valence-corrected chi connectivity index (χ3v) is 3.80. The van der Waals surface area contributed by atoms with Crippen molar-refractivity contribution in [2.24, 2.45) is 5.92 Å². The zero-order valence-corrected chi connectivity index (χ0v) is 10.7. The molecule has 0 amide bonds. The first kappa shape index (κ1) is 12.3. The summed E-state index contributed by atoms with van der Waals surface area (Å²) >= 11 is 1.51. The van der Waals surface area contributed by atoms with Crippen LogP contribution in [0.5, 0.6) is 0 Å². The summed E-state index contributed by atoms with van der Waals surface area (Å²) in [6.07, 6.45) is 3.77. The summed E-state index contributed by atoms with van der Waals surface area (Å²) in [6.45, 7) is 2.61. The molecule has 1 unspecified atom stereocenters. The van der Waals surface area contributed by atoms with Crippen LogP contribution in [0.1, 0.15) is 17.7 Å². The van der Waals surface area contributed by atoms with Crippen LogP contribution in [-0.4, -0.2) is 36.1 Å². The number of rotatable bonds is 3. The number of anilines is 1. The number of nitrogens with zero attached hydrogens (tertiary/aromatic N) is 2. The number of carbonyl (C=O) groups is 1. The van der Waals surface area contributed by atoms with Gasteiger partial charge in [0.25, 0.3) is 0 Å². The van der Waals surface area contributed by atoms with Crippen LogP contribution in [0.4, 0.5) is 5.13 Å². The second-order valence-electron chi connectivity index (χ2n) is 4.26. The molecule has 0 spiro atoms. The quantitative estimate of drug-likeness (QED) is 0.819. The van der Waals surface area contributed by atoms with Gasteiger partial charge in [0.2, 0.25) is 0 Å². The molecule has 94 valence electrons. The molecular weight excluding hydrogens is 238 g/mol. The van der Waals surface area contributed by atoms with Crippen LogP contribution < -0.4 is 5.73 Å². The van der Waals surface area contributed by atoms with Gasteiger partial charge in [0.15, 0.2) is 5.13 Å². The molecule has 2 heterocycles. The molecule has 1 aliphatic heterocycles. The minimum absolute atomic E-state index is 0.0130. The molecule has 1 saturated heterocycles. The van der Waals surface area contributed by atoms with E-state index in [4.69, 9.17) is 10.5 Å². The number of nitrogens with two attached hydrogens (primary N) is 1. The Balaban J connectivity index is 1.91. The maximum Gasteiger partial charge on any atom is 0.309 e. The molecule has 1 aliphatic rings. The van der Waals surface area contributed by atoms with Gasteiger partial charge >= 0.3 is 5.97 Å². The first-order valence-electron chi connectivity index (χ1n) is 5.69. The molecule has 1 aromatic rings. The minimum Gasteiger partial charge on any atom is -0.469 e. The van der Waals surface area contributed by atoms with Crippen LogP contribution in [0, 0.1) is 5.92 Å². The lowest BCUT2D eigenvalue weighted by Crippen LogP contribution is -2.38. The zero-order chi connectivity index (χ0) is 12.3. The monoisotopic (exact) mass is 255 g/mol. The maximum atomic E-state index is 11.5. The number of piperidine rings is 1. The molecule has 0 bridgehead atoms. The Hall–Kier alpha value is -1.14. The second-order valence-corrected chi connectivity index (χ2v) is 5.41. The van der Waals surface area contributed by atoms with Crippen LogP contribution in [0.2, 0.25) is 0 Å². The Morgan fingerprint density at radius 2 is 2.59 bits per heavy atom. The lowest BCUT2D eigenvalue weighted by atomic mass is 9.98. The van der Waals surface area contributed by atoms with Crippen molar-refractivity contribution >= 4 is 22.4 Å². The predicted molar refractivity (Wildman–Crippen MR) is 66.5 cm³/mol. The summed E-state index contributed by atoms with van der Waals surface area (Å²) in [5.74, 6) is -0.0856. The van der Waals surface area contributed by atoms with Crippen molar-refractivity contribution in [1.82, 2.24) is 9.88 Å². The smallest absolute Gasteiger partial charge is 0.309 e. The number of hydrogen-bond donors (Lipinski definition) is 1. The Morgan fingerprint density at radius 1 is 1.76 bits per heavy atom. The molecule has 6 heteroatoms. The lowest BCUT2D eigenvalue weighted by molar-refractivity contribution is -0.147. The van der Waals surface area contributed by atoms with Gasteiger partial charge in [0, 0.05) is 24.2 Å². The van der Waals surface area contributed by atoms with Gasteiger partial charge in [0.1, 0.15) is 0 Å². The summed E-state index contributed by atoms with van der Waals surface area (Å²) in [7, 11) is 1.45. The van der Waals surface area contributed by atoms with Crippen LogP contribution >= 0.6 is 11.3 Å². The fourth-order valence-electron chi connectivity index (χ4n) is 2.17. The number of hydrogen-bond acceptors (Lipinski definition) is 6. The van der Waals surface area contributed by atoms with E-state index in [2.05, 4.69) is 9.88 Å². The average Bonchev–Trinajstić information content (AvgIpc) is 2.74. The van der Waals surface area contributed by atoms with Gasteiger partial charge in [-0.25, -0.2) is 4.98 Å². The van der Waals surface area contributed by atoms with Gasteiger partial charge in [-0.15, -0.1) is 11.3 Å². The molecule has 2 rings (SSSR count). The fraction of sp³-hybridized carbons (Fsp3) is 0.636. The number of nitrogen functional groups attached to an aromatic ring is 1. The molecule has 5 nitrogen and oxygen atoms in total. The molecule has 0 aliphatic carbocycles. The topological polar surface area (TPSA) is 68.5 Å². The van der Waals surface area contributed by atoms with E-state index in [-0.39, 0.29) is 11.9 Å². The highest BCUT2D eigenvalue weighted by molar-refractivity contribution is 7.15. The van der Waals surface area contributed by atoms with Gasteiger partial charge in [-0.2, -0.15) is 0 Å². The van der Waals surface area contributed by atoms with Crippen molar-refractivity contribution in [1.29, 1.82) is 0 Å². The van der Waals surface area contributed by atoms with E-state index in [9.17, 15) is 4.79 Å². The maximum absolute atomic E-state index is 11.5. The molecule has 0 aromatic carbocycles. The molecule has 2 N–H and O–H groups in total. The number of ether oxygens (including phenoxy) is 1. The highest BCUT2D eigenvalue weighted by Gasteiger charge is 2.26. The number of methoxy groups -OCH3 is 1. The van der Waals surface area contributed by atoms with Crippen molar-refractivity contribution in [3.63, 3.8) is 0 Å². The predicted octanol–water partition coefficient (Wildman–Crippen LogP) is 1.11. The number of aromatic nitrogens is 1. The van der Waals surface area contributed by atoms with Gasteiger partial charge in [-0.05, 0) is 19.4 Å². The van der Waals surface area contributed by atoms with E-state index in [0.717, 1.165) is 37.4 Å². The van der Waals surface area contributed by atoms with Crippen molar-refractivity contribution in [3.8, 4) is 0 Å². The van der Waals surface area contributed by atoms with E-state index >= 15 is 0 Å². The lowest BCUT2D eigenvalue weighted by Gasteiger charge is -2.30. The molecule has 0 radical (unpaired) electrons. The zero-order valence-electron chi connectivity index (χ0n) is 9.89. The Morgan fingerprint density at radius 3 is 3.24 bits per heavy atom. The van der Waals surface area contributed by atoms with Crippen LogP contribution in [-0.2, 0) is 16.1 Å². The Bertz CT molecular complexity index is 394. The van der Waals surface area contributed by atoms with E-state index in [1.807, 2.05) is 6.20 Å². The largest absolute Gasteiger partial charge is 0.469 e. The second kappa shape index (κ2) is 5.46. The van der Waals surface area contributed by atoms with Gasteiger partial charge in [-0.1, -0.05) is 0 Å². The highest BCUT2D eigenvalue weighted by Crippen LogP contribution is 2.22. The number of likely N-dealkylation sites (tertiary alicyclic amines) is 1. The normalized spacial score (nSPS) is 21.4. The van der Waals surface area contributed by atoms with Crippen LogP contribution in [0.3, 0.4) is 0 Å². The highest BCUT2D eigenvalue weighted by atomic mass is 32.1. The number of carbonyl (C=O) groups excluding carboxylic acids is 1. The van der Waals surface area contributed by atoms with E-state index in [1.165, 1.54) is 18.4 Å². The van der Waals surface area contributed by atoms with Gasteiger partial charge < -0.3 is 10.5 Å². The summed E-state index contributed by atoms with van der Waals surface area (Å²) in [6, 6.07) is 0. The summed E-state index contributed by atoms with van der Waals surface area (Å²) < 4.78 is 4.80. The average molecular weight is 255 g/mol. The van der Waals surface area contributed by atoms with E-state index in [0.29, 0.717) is 5.13 Å². The number of thiazole rings is 1. The molecule has 0 saturated carbocycles. The first-order valence-corrected chi connectivity index (χ1v) is 6.51. The van der Waals surface area contributed by atoms with Gasteiger partial charge in [-0.3, -0.25) is 9.69 Å². The van der Waals surface area contributed by atoms with Gasteiger partial charge in [0.05, 0.1) is 13.0 Å². The SMILES string of the molecule is COC(=O)C1CCCN(Cc2cnc(N)s2)C1. The standard InChI is InChI=1S/C11H17N3O2S/c1-16-10(15)8-3-2-4-14(6-8)7-9-5-13-11(12)17-9/h5,8H,2-4,6-7H2,1H3,(H2,12,13). The van der Waals surface area contributed by atoms with E-state index in [1.54, 1.807) is 0 Å². The Kier molecular flexibility index (Phi) is 3.96.